The summed E-state index contributed by atoms with van der Waals surface area (Å²) in [6.07, 6.45) is 1.85. The van der Waals surface area contributed by atoms with Gasteiger partial charge in [-0.15, -0.1) is 0 Å². The average molecular weight is 341 g/mol. The maximum Gasteiger partial charge on any atom is 0.387 e. The smallest absolute Gasteiger partial charge is 0.387 e. The Hall–Kier alpha value is -1.24. The van der Waals surface area contributed by atoms with Gasteiger partial charge < -0.3 is 19.9 Å². The van der Waals surface area contributed by atoms with Crippen molar-refractivity contribution in [3.8, 4) is 5.75 Å². The molecular formula is C18H25F2NO3. The fourth-order valence-corrected chi connectivity index (χ4v) is 4.16. The van der Waals surface area contributed by atoms with Gasteiger partial charge in [-0.2, -0.15) is 8.78 Å². The summed E-state index contributed by atoms with van der Waals surface area (Å²) >= 11 is 0. The van der Waals surface area contributed by atoms with E-state index in [2.05, 4.69) is 23.9 Å². The number of halogens is 2. The van der Waals surface area contributed by atoms with E-state index < -0.39 is 12.7 Å². The van der Waals surface area contributed by atoms with E-state index in [9.17, 15) is 13.9 Å². The lowest BCUT2D eigenvalue weighted by Gasteiger charge is -2.60. The first-order valence-electron chi connectivity index (χ1n) is 8.47. The molecule has 0 spiro atoms. The zero-order valence-corrected chi connectivity index (χ0v) is 14.0. The molecule has 2 aliphatic rings. The quantitative estimate of drug-likeness (QED) is 0.835. The molecule has 1 saturated heterocycles. The number of aliphatic hydroxyl groups excluding tert-OH is 1. The number of nitrogens with one attached hydrogen (secondary N) is 1. The summed E-state index contributed by atoms with van der Waals surface area (Å²) in [6.45, 7) is 2.81. The Balaban J connectivity index is 1.54. The van der Waals surface area contributed by atoms with Crippen LogP contribution in [-0.2, 0) is 4.74 Å². The molecule has 6 heteroatoms. The highest BCUT2D eigenvalue weighted by Gasteiger charge is 2.57. The van der Waals surface area contributed by atoms with Gasteiger partial charge in [0.05, 0.1) is 12.2 Å². The SMILES string of the molecule is CC1(C)C(NCC(O)c2ccc(OC(F)F)cc2)C2CCCOC21. The van der Waals surface area contributed by atoms with Crippen molar-refractivity contribution in [2.75, 3.05) is 13.2 Å². The number of fused-ring (bicyclic) bond motifs is 1. The molecule has 1 saturated carbocycles. The van der Waals surface area contributed by atoms with Crippen molar-refractivity contribution < 1.29 is 23.4 Å². The highest BCUT2D eigenvalue weighted by Crippen LogP contribution is 2.51. The van der Waals surface area contributed by atoms with Gasteiger partial charge in [-0.3, -0.25) is 0 Å². The monoisotopic (exact) mass is 341 g/mol. The Labute approximate surface area is 141 Å². The van der Waals surface area contributed by atoms with Gasteiger partial charge in [-0.25, -0.2) is 0 Å². The largest absolute Gasteiger partial charge is 0.435 e. The summed E-state index contributed by atoms with van der Waals surface area (Å²) in [5.41, 5.74) is 0.734. The van der Waals surface area contributed by atoms with Crippen LogP contribution in [0.4, 0.5) is 8.78 Å². The maximum atomic E-state index is 12.2. The fourth-order valence-electron chi connectivity index (χ4n) is 4.16. The normalized spacial score (nSPS) is 29.7. The minimum atomic E-state index is -2.84. The Morgan fingerprint density at radius 3 is 2.71 bits per heavy atom. The van der Waals surface area contributed by atoms with E-state index in [-0.39, 0.29) is 11.2 Å². The lowest BCUT2D eigenvalue weighted by atomic mass is 9.55. The highest BCUT2D eigenvalue weighted by molar-refractivity contribution is 5.28. The van der Waals surface area contributed by atoms with E-state index in [4.69, 9.17) is 4.74 Å². The standard InChI is InChI=1S/C18H25F2NO3/c1-18(2)15(13-4-3-9-23-16(13)18)21-10-14(22)11-5-7-12(8-6-11)24-17(19)20/h5-8,13-17,21-22H,3-4,9-10H2,1-2H3. The predicted octanol–water partition coefficient (Wildman–Crippen LogP) is 3.11. The average Bonchev–Trinajstić information content (AvgIpc) is 2.55. The molecule has 24 heavy (non-hydrogen) atoms. The third-order valence-corrected chi connectivity index (χ3v) is 5.35. The molecular weight excluding hydrogens is 316 g/mol. The topological polar surface area (TPSA) is 50.7 Å². The second-order valence-electron chi connectivity index (χ2n) is 7.27. The Morgan fingerprint density at radius 2 is 2.04 bits per heavy atom. The number of alkyl halides is 2. The summed E-state index contributed by atoms with van der Waals surface area (Å²) in [6, 6.07) is 6.44. The van der Waals surface area contributed by atoms with Crippen molar-refractivity contribution in [3.63, 3.8) is 0 Å². The van der Waals surface area contributed by atoms with E-state index in [1.165, 1.54) is 12.1 Å². The highest BCUT2D eigenvalue weighted by atomic mass is 19.3. The summed E-state index contributed by atoms with van der Waals surface area (Å²) in [7, 11) is 0. The Kier molecular flexibility index (Phi) is 5.08. The molecule has 4 nitrogen and oxygen atoms in total. The molecule has 1 aliphatic heterocycles. The van der Waals surface area contributed by atoms with E-state index in [1.54, 1.807) is 12.1 Å². The Morgan fingerprint density at radius 1 is 1.33 bits per heavy atom. The second-order valence-corrected chi connectivity index (χ2v) is 7.27. The molecule has 4 atom stereocenters. The van der Waals surface area contributed by atoms with Crippen LogP contribution in [0.25, 0.3) is 0 Å². The summed E-state index contributed by atoms with van der Waals surface area (Å²) in [4.78, 5) is 0. The van der Waals surface area contributed by atoms with Gasteiger partial charge in [0.2, 0.25) is 0 Å². The van der Waals surface area contributed by atoms with Crippen LogP contribution in [0, 0.1) is 11.3 Å². The van der Waals surface area contributed by atoms with Crippen LogP contribution in [-0.4, -0.2) is 37.0 Å². The molecule has 0 bridgehead atoms. The predicted molar refractivity (Wildman–Crippen MR) is 86.1 cm³/mol. The van der Waals surface area contributed by atoms with E-state index >= 15 is 0 Å². The summed E-state index contributed by atoms with van der Waals surface area (Å²) in [5.74, 6) is 0.596. The van der Waals surface area contributed by atoms with Crippen LogP contribution < -0.4 is 10.1 Å². The van der Waals surface area contributed by atoms with Crippen molar-refractivity contribution in [2.24, 2.45) is 11.3 Å². The lowest BCUT2D eigenvalue weighted by Crippen LogP contribution is -2.69. The molecule has 1 aromatic rings. The number of benzene rings is 1. The summed E-state index contributed by atoms with van der Waals surface area (Å²) < 4.78 is 34.5. The molecule has 1 heterocycles. The van der Waals surface area contributed by atoms with E-state index in [1.807, 2.05) is 0 Å². The van der Waals surface area contributed by atoms with Crippen LogP contribution in [0.15, 0.2) is 24.3 Å². The molecule has 0 aromatic heterocycles. The van der Waals surface area contributed by atoms with Gasteiger partial charge in [0.1, 0.15) is 5.75 Å². The molecule has 3 rings (SSSR count). The molecule has 1 aromatic carbocycles. The van der Waals surface area contributed by atoms with Crippen LogP contribution in [0.1, 0.15) is 38.4 Å². The van der Waals surface area contributed by atoms with Crippen LogP contribution >= 0.6 is 0 Å². The number of ether oxygens (including phenoxy) is 2. The first-order valence-corrected chi connectivity index (χ1v) is 8.47. The van der Waals surface area contributed by atoms with Gasteiger partial charge in [0, 0.05) is 30.5 Å². The van der Waals surface area contributed by atoms with Crippen molar-refractivity contribution in [2.45, 2.75) is 51.6 Å². The van der Waals surface area contributed by atoms with Gasteiger partial charge in [0.25, 0.3) is 0 Å². The first kappa shape index (κ1) is 17.6. The minimum Gasteiger partial charge on any atom is -0.435 e. The molecule has 2 fully saturated rings. The zero-order valence-electron chi connectivity index (χ0n) is 14.0. The van der Waals surface area contributed by atoms with Crippen molar-refractivity contribution in [1.29, 1.82) is 0 Å². The Bertz CT molecular complexity index is 550. The second kappa shape index (κ2) is 6.94. The maximum absolute atomic E-state index is 12.2. The number of hydrogen-bond donors (Lipinski definition) is 2. The molecule has 134 valence electrons. The third-order valence-electron chi connectivity index (χ3n) is 5.35. The third kappa shape index (κ3) is 3.41. The lowest BCUT2D eigenvalue weighted by molar-refractivity contribution is -0.193. The van der Waals surface area contributed by atoms with Crippen LogP contribution in [0.5, 0.6) is 5.75 Å². The first-order chi connectivity index (χ1) is 11.4. The van der Waals surface area contributed by atoms with Gasteiger partial charge in [-0.1, -0.05) is 26.0 Å². The molecule has 1 aliphatic carbocycles. The van der Waals surface area contributed by atoms with Crippen molar-refractivity contribution >= 4 is 0 Å². The van der Waals surface area contributed by atoms with Crippen molar-refractivity contribution in [1.82, 2.24) is 5.32 Å². The number of hydrogen-bond acceptors (Lipinski definition) is 4. The number of aliphatic hydroxyl groups is 1. The zero-order chi connectivity index (χ0) is 17.3. The molecule has 0 radical (unpaired) electrons. The minimum absolute atomic E-state index is 0.0553. The van der Waals surface area contributed by atoms with Crippen molar-refractivity contribution in [3.05, 3.63) is 29.8 Å². The molecule has 0 amide bonds. The fraction of sp³-hybridized carbons (Fsp3) is 0.667. The molecule has 4 unspecified atom stereocenters. The van der Waals surface area contributed by atoms with Gasteiger partial charge in [0.15, 0.2) is 0 Å². The van der Waals surface area contributed by atoms with Crippen LogP contribution in [0.2, 0.25) is 0 Å². The van der Waals surface area contributed by atoms with Gasteiger partial charge in [-0.05, 0) is 30.5 Å². The van der Waals surface area contributed by atoms with E-state index in [0.717, 1.165) is 19.4 Å². The molecule has 2 N–H and O–H groups in total. The van der Waals surface area contributed by atoms with Gasteiger partial charge >= 0.3 is 6.61 Å². The summed E-state index contributed by atoms with van der Waals surface area (Å²) in [5, 5.41) is 13.8. The number of rotatable bonds is 6. The van der Waals surface area contributed by atoms with E-state index in [0.29, 0.717) is 30.2 Å². The van der Waals surface area contributed by atoms with Crippen LogP contribution in [0.3, 0.4) is 0 Å².